The summed E-state index contributed by atoms with van der Waals surface area (Å²) in [4.78, 5) is 26.0. The number of fused-ring (bicyclic) bond motifs is 3. The number of carbonyl (C=O) groups excluding carboxylic acids is 1. The van der Waals surface area contributed by atoms with E-state index in [0.29, 0.717) is 35.2 Å². The van der Waals surface area contributed by atoms with Crippen LogP contribution in [0, 0.1) is 5.82 Å². The summed E-state index contributed by atoms with van der Waals surface area (Å²) in [6, 6.07) is 19.2. The summed E-state index contributed by atoms with van der Waals surface area (Å²) in [6.07, 6.45) is 2.69. The highest BCUT2D eigenvalue weighted by molar-refractivity contribution is 6.30. The normalized spacial score (nSPS) is 14.3. The van der Waals surface area contributed by atoms with Gasteiger partial charge < -0.3 is 20.4 Å². The van der Waals surface area contributed by atoms with Crippen LogP contribution in [0.3, 0.4) is 0 Å². The van der Waals surface area contributed by atoms with Crippen LogP contribution in [0.25, 0.3) is 11.3 Å². The SMILES string of the molecule is CN(C)CCCN(C)C(=O)c1ccc(Nc2ncc3c(n2)-c2ccc(Cl)cc2C(c2ccccc2F)NC3)cc1. The number of nitrogens with zero attached hydrogens (tertiary/aromatic N) is 4. The maximum Gasteiger partial charge on any atom is 0.253 e. The number of nitrogens with one attached hydrogen (secondary N) is 2. The highest BCUT2D eigenvalue weighted by Crippen LogP contribution is 2.38. The lowest BCUT2D eigenvalue weighted by Crippen LogP contribution is -2.29. The zero-order valence-corrected chi connectivity index (χ0v) is 23.5. The second-order valence-electron chi connectivity index (χ2n) is 10.2. The summed E-state index contributed by atoms with van der Waals surface area (Å²) in [5.41, 5.74) is 5.28. The maximum absolute atomic E-state index is 14.8. The van der Waals surface area contributed by atoms with Crippen molar-refractivity contribution in [2.45, 2.75) is 19.0 Å². The van der Waals surface area contributed by atoms with Gasteiger partial charge in [0.1, 0.15) is 5.82 Å². The van der Waals surface area contributed by atoms with Crippen molar-refractivity contribution in [1.82, 2.24) is 25.1 Å². The van der Waals surface area contributed by atoms with Crippen LogP contribution in [0.4, 0.5) is 16.0 Å². The molecular weight excluding hydrogens is 527 g/mol. The van der Waals surface area contributed by atoms with Gasteiger partial charge in [-0.2, -0.15) is 0 Å². The van der Waals surface area contributed by atoms with Crippen LogP contribution in [-0.2, 0) is 6.54 Å². The molecular formula is C31H32ClFN6O. The largest absolute Gasteiger partial charge is 0.342 e. The monoisotopic (exact) mass is 558 g/mol. The van der Waals surface area contributed by atoms with E-state index in [1.165, 1.54) is 6.07 Å². The number of amides is 1. The molecule has 2 heterocycles. The van der Waals surface area contributed by atoms with Crippen LogP contribution >= 0.6 is 11.6 Å². The molecule has 0 radical (unpaired) electrons. The lowest BCUT2D eigenvalue weighted by molar-refractivity contribution is 0.0790. The highest BCUT2D eigenvalue weighted by Gasteiger charge is 2.27. The van der Waals surface area contributed by atoms with Crippen molar-refractivity contribution in [3.05, 3.63) is 106 Å². The van der Waals surface area contributed by atoms with Crippen molar-refractivity contribution in [2.75, 3.05) is 39.5 Å². The Kier molecular flexibility index (Phi) is 8.40. The van der Waals surface area contributed by atoms with E-state index in [1.807, 2.05) is 57.5 Å². The number of hydrogen-bond donors (Lipinski definition) is 2. The maximum atomic E-state index is 14.8. The van der Waals surface area contributed by atoms with Crippen LogP contribution in [-0.4, -0.2) is 59.9 Å². The number of anilines is 2. The number of carbonyl (C=O) groups is 1. The van der Waals surface area contributed by atoms with E-state index >= 15 is 0 Å². The number of rotatable bonds is 8. The Hall–Kier alpha value is -3.85. The highest BCUT2D eigenvalue weighted by atomic mass is 35.5. The fraction of sp³-hybridized carbons (Fsp3) is 0.258. The van der Waals surface area contributed by atoms with Gasteiger partial charge in [-0.15, -0.1) is 0 Å². The molecule has 1 aromatic heterocycles. The fourth-order valence-electron chi connectivity index (χ4n) is 4.90. The molecule has 3 aromatic carbocycles. The summed E-state index contributed by atoms with van der Waals surface area (Å²) in [7, 11) is 5.87. The quantitative estimate of drug-likeness (QED) is 0.281. The van der Waals surface area contributed by atoms with Crippen molar-refractivity contribution < 1.29 is 9.18 Å². The molecule has 1 aliphatic rings. The summed E-state index contributed by atoms with van der Waals surface area (Å²) in [6.45, 7) is 2.08. The molecule has 1 unspecified atom stereocenters. The van der Waals surface area contributed by atoms with Gasteiger partial charge in [-0.3, -0.25) is 4.79 Å². The standard InChI is InChI=1S/C31H32ClFN6O/c1-38(2)15-6-16-39(3)30(40)20-9-12-23(13-10-20)36-31-35-19-21-18-34-29(25-7-4-5-8-27(25)33)26-17-22(32)11-14-24(26)28(21)37-31/h4-5,7-14,17,19,29,34H,6,15-16,18H2,1-3H3,(H,35,36,37). The molecule has 5 rings (SSSR count). The molecule has 7 nitrogen and oxygen atoms in total. The average molecular weight is 559 g/mol. The molecule has 1 aliphatic heterocycles. The van der Waals surface area contributed by atoms with Crippen molar-refractivity contribution in [3.63, 3.8) is 0 Å². The molecule has 0 bridgehead atoms. The minimum Gasteiger partial charge on any atom is -0.342 e. The lowest BCUT2D eigenvalue weighted by Gasteiger charge is -2.20. The van der Waals surface area contributed by atoms with Gasteiger partial charge in [0.2, 0.25) is 5.95 Å². The molecule has 40 heavy (non-hydrogen) atoms. The summed E-state index contributed by atoms with van der Waals surface area (Å²) in [5.74, 6) is 0.120. The third-order valence-electron chi connectivity index (χ3n) is 6.99. The van der Waals surface area contributed by atoms with Crippen LogP contribution in [0.15, 0.2) is 72.9 Å². The minimum atomic E-state index is -0.397. The molecule has 0 saturated heterocycles. The average Bonchev–Trinajstić information content (AvgIpc) is 3.09. The lowest BCUT2D eigenvalue weighted by atomic mass is 9.93. The predicted octanol–water partition coefficient (Wildman–Crippen LogP) is 5.90. The minimum absolute atomic E-state index is 0.0150. The molecule has 1 amide bonds. The summed E-state index contributed by atoms with van der Waals surface area (Å²) < 4.78 is 14.8. The topological polar surface area (TPSA) is 73.4 Å². The van der Waals surface area contributed by atoms with E-state index in [9.17, 15) is 9.18 Å². The first-order chi connectivity index (χ1) is 19.3. The van der Waals surface area contributed by atoms with Gasteiger partial charge in [0.15, 0.2) is 0 Å². The second-order valence-corrected chi connectivity index (χ2v) is 10.7. The zero-order chi connectivity index (χ0) is 28.2. The number of benzene rings is 3. The molecule has 0 saturated carbocycles. The molecule has 2 N–H and O–H groups in total. The van der Waals surface area contributed by atoms with Gasteiger partial charge in [0, 0.05) is 59.3 Å². The zero-order valence-electron chi connectivity index (χ0n) is 22.8. The van der Waals surface area contributed by atoms with Gasteiger partial charge >= 0.3 is 0 Å². The van der Waals surface area contributed by atoms with Crippen molar-refractivity contribution in [1.29, 1.82) is 0 Å². The van der Waals surface area contributed by atoms with Gasteiger partial charge in [-0.05, 0) is 75.1 Å². The van der Waals surface area contributed by atoms with Crippen molar-refractivity contribution in [3.8, 4) is 11.3 Å². The molecule has 4 aromatic rings. The van der Waals surface area contributed by atoms with Crippen molar-refractivity contribution in [2.24, 2.45) is 0 Å². The van der Waals surface area contributed by atoms with Gasteiger partial charge in [-0.25, -0.2) is 14.4 Å². The Morgan fingerprint density at radius 1 is 1.05 bits per heavy atom. The Labute approximate surface area is 239 Å². The molecule has 0 fully saturated rings. The number of halogens is 2. The summed E-state index contributed by atoms with van der Waals surface area (Å²) >= 11 is 6.38. The van der Waals surface area contributed by atoms with Gasteiger partial charge in [-0.1, -0.05) is 35.9 Å². The molecule has 0 aliphatic carbocycles. The Bertz CT molecular complexity index is 1510. The summed E-state index contributed by atoms with van der Waals surface area (Å²) in [5, 5.41) is 7.27. The molecule has 0 spiro atoms. The van der Waals surface area contributed by atoms with Crippen LogP contribution in [0.1, 0.15) is 39.5 Å². The third-order valence-corrected chi connectivity index (χ3v) is 7.23. The van der Waals surface area contributed by atoms with Crippen LogP contribution in [0.5, 0.6) is 0 Å². The first-order valence-electron chi connectivity index (χ1n) is 13.2. The molecule has 1 atom stereocenters. The van der Waals surface area contributed by atoms with Crippen LogP contribution < -0.4 is 10.6 Å². The van der Waals surface area contributed by atoms with Crippen molar-refractivity contribution >= 4 is 29.1 Å². The van der Waals surface area contributed by atoms with Gasteiger partial charge in [0.05, 0.1) is 11.7 Å². The van der Waals surface area contributed by atoms with E-state index in [4.69, 9.17) is 16.6 Å². The van der Waals surface area contributed by atoms with E-state index in [-0.39, 0.29) is 11.7 Å². The molecule has 206 valence electrons. The Morgan fingerprint density at radius 3 is 2.58 bits per heavy atom. The number of aromatic nitrogens is 2. The number of hydrogen-bond acceptors (Lipinski definition) is 6. The first kappa shape index (κ1) is 27.7. The van der Waals surface area contributed by atoms with E-state index in [2.05, 4.69) is 20.5 Å². The smallest absolute Gasteiger partial charge is 0.253 e. The fourth-order valence-corrected chi connectivity index (χ4v) is 5.08. The molecule has 9 heteroatoms. The van der Waals surface area contributed by atoms with Gasteiger partial charge in [0.25, 0.3) is 5.91 Å². The van der Waals surface area contributed by atoms with E-state index in [0.717, 1.165) is 41.0 Å². The second kappa shape index (κ2) is 12.1. The Balaban J connectivity index is 1.37. The van der Waals surface area contributed by atoms with E-state index in [1.54, 1.807) is 35.4 Å². The van der Waals surface area contributed by atoms with E-state index < -0.39 is 6.04 Å². The first-order valence-corrected chi connectivity index (χ1v) is 13.6. The third kappa shape index (κ3) is 6.14. The Morgan fingerprint density at radius 2 is 1.82 bits per heavy atom. The predicted molar refractivity (Wildman–Crippen MR) is 157 cm³/mol. The van der Waals surface area contributed by atoms with Crippen LogP contribution in [0.2, 0.25) is 5.02 Å².